The summed E-state index contributed by atoms with van der Waals surface area (Å²) in [4.78, 5) is 18.6. The van der Waals surface area contributed by atoms with E-state index in [0.29, 0.717) is 19.5 Å². The predicted octanol–water partition coefficient (Wildman–Crippen LogP) is 2.47. The van der Waals surface area contributed by atoms with Crippen LogP contribution in [0.1, 0.15) is 19.8 Å². The summed E-state index contributed by atoms with van der Waals surface area (Å²) in [6.45, 7) is 5.09. The second kappa shape index (κ2) is 7.99. The summed E-state index contributed by atoms with van der Waals surface area (Å²) in [7, 11) is 0. The number of likely N-dealkylation sites (tertiary alicyclic amines) is 1. The molecule has 1 aromatic heterocycles. The summed E-state index contributed by atoms with van der Waals surface area (Å²) < 4.78 is 2.05. The van der Waals surface area contributed by atoms with Crippen LogP contribution in [0.25, 0.3) is 11.0 Å². The fraction of sp³-hybridized carbons (Fsp3) is 0.500. The molecule has 2 N–H and O–H groups in total. The fourth-order valence-electron chi connectivity index (χ4n) is 2.97. The number of nitrogens with two attached hydrogens (primary N) is 1. The van der Waals surface area contributed by atoms with Crippen molar-refractivity contribution in [3.63, 3.8) is 0 Å². The molecule has 1 unspecified atom stereocenters. The van der Waals surface area contributed by atoms with E-state index in [-0.39, 0.29) is 36.1 Å². The van der Waals surface area contributed by atoms with E-state index >= 15 is 0 Å². The third-order valence-corrected chi connectivity index (χ3v) is 4.50. The van der Waals surface area contributed by atoms with Crippen LogP contribution in [0.2, 0.25) is 0 Å². The number of amides is 1. The number of hydrogen-bond donors (Lipinski definition) is 1. The van der Waals surface area contributed by atoms with Gasteiger partial charge in [-0.1, -0.05) is 19.1 Å². The van der Waals surface area contributed by atoms with Crippen molar-refractivity contribution in [1.82, 2.24) is 14.5 Å². The van der Waals surface area contributed by atoms with Crippen molar-refractivity contribution in [2.24, 2.45) is 11.1 Å². The molecule has 1 fully saturated rings. The Morgan fingerprint density at radius 3 is 2.78 bits per heavy atom. The van der Waals surface area contributed by atoms with Gasteiger partial charge < -0.3 is 15.2 Å². The third kappa shape index (κ3) is 4.16. The molecule has 1 amide bonds. The van der Waals surface area contributed by atoms with Gasteiger partial charge in [0, 0.05) is 26.1 Å². The molecule has 2 aromatic rings. The van der Waals surface area contributed by atoms with Gasteiger partial charge in [-0.05, 0) is 30.5 Å². The minimum absolute atomic E-state index is 0. The minimum atomic E-state index is 0. The second-order valence-corrected chi connectivity index (χ2v) is 6.26. The van der Waals surface area contributed by atoms with Crippen molar-refractivity contribution in [3.05, 3.63) is 30.6 Å². The molecule has 7 heteroatoms. The number of carbonyl (C=O) groups excluding carboxylic acids is 1. The smallest absolute Gasteiger partial charge is 0.224 e. The van der Waals surface area contributed by atoms with E-state index in [9.17, 15) is 4.79 Å². The van der Waals surface area contributed by atoms with Crippen LogP contribution in [0.5, 0.6) is 0 Å². The molecule has 5 nitrogen and oxygen atoms in total. The maximum Gasteiger partial charge on any atom is 0.224 e. The Balaban J connectivity index is 0.00000132. The Morgan fingerprint density at radius 2 is 2.09 bits per heavy atom. The van der Waals surface area contributed by atoms with E-state index in [2.05, 4.69) is 11.9 Å². The highest BCUT2D eigenvalue weighted by atomic mass is 35.5. The van der Waals surface area contributed by atoms with Crippen LogP contribution in [0.4, 0.5) is 0 Å². The number of carbonyl (C=O) groups is 1. The lowest BCUT2D eigenvalue weighted by Gasteiger charge is -2.22. The normalized spacial score (nSPS) is 20.2. The molecule has 0 saturated carbocycles. The zero-order valence-corrected chi connectivity index (χ0v) is 14.9. The number of aromatic nitrogens is 2. The van der Waals surface area contributed by atoms with E-state index in [1.165, 1.54) is 0 Å². The topological polar surface area (TPSA) is 64.2 Å². The standard InChI is InChI=1S/C16H22N4O.2ClH/c1-16(10-17)7-9-19(11-16)15(21)6-8-20-12-18-13-4-2-3-5-14(13)20;;/h2-5,12H,6-11,17H2,1H3;2*1H. The summed E-state index contributed by atoms with van der Waals surface area (Å²) in [5, 5.41) is 0. The number of imidazole rings is 1. The zero-order chi connectivity index (χ0) is 14.9. The van der Waals surface area contributed by atoms with Gasteiger partial charge in [-0.15, -0.1) is 24.8 Å². The van der Waals surface area contributed by atoms with Gasteiger partial charge in [-0.2, -0.15) is 0 Å². The number of para-hydroxylation sites is 2. The number of aryl methyl sites for hydroxylation is 1. The Labute approximate surface area is 149 Å². The van der Waals surface area contributed by atoms with E-state index in [1.807, 2.05) is 40.1 Å². The van der Waals surface area contributed by atoms with Crippen molar-refractivity contribution in [2.75, 3.05) is 19.6 Å². The number of hydrogen-bond acceptors (Lipinski definition) is 3. The largest absolute Gasteiger partial charge is 0.342 e. The number of nitrogens with zero attached hydrogens (tertiary/aromatic N) is 3. The molecule has 2 heterocycles. The molecule has 1 aliphatic rings. The van der Waals surface area contributed by atoms with Crippen LogP contribution < -0.4 is 5.73 Å². The Hall–Kier alpha value is -1.30. The lowest BCUT2D eigenvalue weighted by atomic mass is 9.90. The first kappa shape index (κ1) is 19.7. The maximum atomic E-state index is 12.3. The first-order valence-electron chi connectivity index (χ1n) is 7.49. The Kier molecular flexibility index (Phi) is 6.86. The SMILES string of the molecule is CC1(CN)CCN(C(=O)CCn2cnc3ccccc32)C1.Cl.Cl. The monoisotopic (exact) mass is 358 g/mol. The van der Waals surface area contributed by atoms with Crippen LogP contribution >= 0.6 is 24.8 Å². The molecule has 0 aliphatic carbocycles. The van der Waals surface area contributed by atoms with E-state index in [0.717, 1.165) is 30.5 Å². The van der Waals surface area contributed by atoms with Crippen molar-refractivity contribution in [1.29, 1.82) is 0 Å². The average Bonchev–Trinajstić information content (AvgIpc) is 3.09. The summed E-state index contributed by atoms with van der Waals surface area (Å²) in [5.41, 5.74) is 7.94. The van der Waals surface area contributed by atoms with Crippen LogP contribution in [0.3, 0.4) is 0 Å². The molecule has 0 bridgehead atoms. The lowest BCUT2D eigenvalue weighted by molar-refractivity contribution is -0.130. The van der Waals surface area contributed by atoms with Gasteiger partial charge in [0.25, 0.3) is 0 Å². The first-order valence-corrected chi connectivity index (χ1v) is 7.49. The highest BCUT2D eigenvalue weighted by Crippen LogP contribution is 2.28. The highest BCUT2D eigenvalue weighted by Gasteiger charge is 2.34. The molecule has 23 heavy (non-hydrogen) atoms. The third-order valence-electron chi connectivity index (χ3n) is 4.50. The van der Waals surface area contributed by atoms with Gasteiger partial charge in [0.05, 0.1) is 17.4 Å². The van der Waals surface area contributed by atoms with E-state index in [4.69, 9.17) is 5.73 Å². The van der Waals surface area contributed by atoms with Crippen molar-refractivity contribution >= 4 is 41.8 Å². The first-order chi connectivity index (χ1) is 10.1. The average molecular weight is 359 g/mol. The van der Waals surface area contributed by atoms with Gasteiger partial charge in [-0.3, -0.25) is 4.79 Å². The molecule has 1 atom stereocenters. The number of halogens is 2. The van der Waals surface area contributed by atoms with Gasteiger partial charge in [0.2, 0.25) is 5.91 Å². The Bertz CT molecular complexity index is 660. The molecule has 3 rings (SSSR count). The molecule has 0 spiro atoms. The lowest BCUT2D eigenvalue weighted by Crippen LogP contribution is -2.34. The van der Waals surface area contributed by atoms with Gasteiger partial charge in [0.1, 0.15) is 0 Å². The Morgan fingerprint density at radius 1 is 1.35 bits per heavy atom. The van der Waals surface area contributed by atoms with Crippen LogP contribution in [0, 0.1) is 5.41 Å². The predicted molar refractivity (Wildman–Crippen MR) is 97.2 cm³/mol. The molecular formula is C16H24Cl2N4O. The summed E-state index contributed by atoms with van der Waals surface area (Å²) in [6.07, 6.45) is 3.33. The van der Waals surface area contributed by atoms with Gasteiger partial charge >= 0.3 is 0 Å². The van der Waals surface area contributed by atoms with Crippen molar-refractivity contribution in [2.45, 2.75) is 26.3 Å². The summed E-state index contributed by atoms with van der Waals surface area (Å²) in [5.74, 6) is 0.213. The number of rotatable bonds is 4. The molecular weight excluding hydrogens is 335 g/mol. The molecule has 1 aromatic carbocycles. The van der Waals surface area contributed by atoms with E-state index < -0.39 is 0 Å². The number of fused-ring (bicyclic) bond motifs is 1. The second-order valence-electron chi connectivity index (χ2n) is 6.26. The van der Waals surface area contributed by atoms with Gasteiger partial charge in [-0.25, -0.2) is 4.98 Å². The highest BCUT2D eigenvalue weighted by molar-refractivity contribution is 5.85. The zero-order valence-electron chi connectivity index (χ0n) is 13.3. The molecule has 128 valence electrons. The van der Waals surface area contributed by atoms with Gasteiger partial charge in [0.15, 0.2) is 0 Å². The van der Waals surface area contributed by atoms with Crippen LogP contribution in [-0.2, 0) is 11.3 Å². The van der Waals surface area contributed by atoms with Crippen molar-refractivity contribution < 1.29 is 4.79 Å². The fourth-order valence-corrected chi connectivity index (χ4v) is 2.97. The summed E-state index contributed by atoms with van der Waals surface area (Å²) >= 11 is 0. The molecule has 1 saturated heterocycles. The maximum absolute atomic E-state index is 12.3. The molecule has 1 aliphatic heterocycles. The van der Waals surface area contributed by atoms with Crippen molar-refractivity contribution in [3.8, 4) is 0 Å². The van der Waals surface area contributed by atoms with Crippen LogP contribution in [0.15, 0.2) is 30.6 Å². The summed E-state index contributed by atoms with van der Waals surface area (Å²) in [6, 6.07) is 7.99. The quantitative estimate of drug-likeness (QED) is 0.912. The number of benzene rings is 1. The molecule has 0 radical (unpaired) electrons. The van der Waals surface area contributed by atoms with E-state index in [1.54, 1.807) is 0 Å². The van der Waals surface area contributed by atoms with Crippen LogP contribution in [-0.4, -0.2) is 40.0 Å². The minimum Gasteiger partial charge on any atom is -0.342 e.